The third-order valence-electron chi connectivity index (χ3n) is 5.36. The molecule has 0 spiro atoms. The first-order valence-electron chi connectivity index (χ1n) is 9.51. The highest BCUT2D eigenvalue weighted by Gasteiger charge is 2.30. The number of rotatable bonds is 5. The molecule has 1 aliphatic rings. The highest BCUT2D eigenvalue weighted by molar-refractivity contribution is 5.42. The molecule has 0 saturated carbocycles. The van der Waals surface area contributed by atoms with Gasteiger partial charge in [0.15, 0.2) is 0 Å². The zero-order chi connectivity index (χ0) is 20.6. The molecule has 29 heavy (non-hydrogen) atoms. The number of aromatic nitrogens is 2. The Balaban J connectivity index is 1.50. The van der Waals surface area contributed by atoms with E-state index in [1.807, 2.05) is 26.0 Å². The van der Waals surface area contributed by atoms with E-state index in [1.165, 1.54) is 12.1 Å². The van der Waals surface area contributed by atoms with Crippen molar-refractivity contribution >= 4 is 0 Å². The van der Waals surface area contributed by atoms with Gasteiger partial charge in [0, 0.05) is 23.2 Å². The molecule has 7 heteroatoms. The number of halogens is 3. The number of alkyl halides is 3. The van der Waals surface area contributed by atoms with Crippen LogP contribution in [0.5, 0.6) is 0 Å². The van der Waals surface area contributed by atoms with E-state index in [4.69, 9.17) is 4.42 Å². The van der Waals surface area contributed by atoms with Gasteiger partial charge < -0.3 is 9.73 Å². The predicted molar refractivity (Wildman–Crippen MR) is 104 cm³/mol. The van der Waals surface area contributed by atoms with Gasteiger partial charge in [0.1, 0.15) is 5.76 Å². The quantitative estimate of drug-likeness (QED) is 0.590. The van der Waals surface area contributed by atoms with E-state index < -0.39 is 11.7 Å². The van der Waals surface area contributed by atoms with Gasteiger partial charge in [-0.3, -0.25) is 0 Å². The Morgan fingerprint density at radius 3 is 2.55 bits per heavy atom. The normalized spacial score (nSPS) is 19.2. The smallest absolute Gasteiger partial charge is 0.416 e. The van der Waals surface area contributed by atoms with Crippen LogP contribution in [0.1, 0.15) is 40.6 Å². The Bertz CT molecular complexity index is 1000. The van der Waals surface area contributed by atoms with E-state index in [-0.39, 0.29) is 12.0 Å². The third-order valence-corrected chi connectivity index (χ3v) is 5.36. The summed E-state index contributed by atoms with van der Waals surface area (Å²) >= 11 is 0. The summed E-state index contributed by atoms with van der Waals surface area (Å²) in [6.45, 7) is 4.57. The van der Waals surface area contributed by atoms with Crippen LogP contribution in [0.4, 0.5) is 13.2 Å². The summed E-state index contributed by atoms with van der Waals surface area (Å²) in [5, 5.41) is 8.06. The second-order valence-corrected chi connectivity index (χ2v) is 7.33. The van der Waals surface area contributed by atoms with E-state index >= 15 is 0 Å². The van der Waals surface area contributed by atoms with Crippen molar-refractivity contribution in [1.82, 2.24) is 15.1 Å². The van der Waals surface area contributed by atoms with Gasteiger partial charge in [0.25, 0.3) is 0 Å². The molecule has 0 bridgehead atoms. The number of hydrogen-bond donors (Lipinski definition) is 1. The molecule has 4 nitrogen and oxygen atoms in total. The fourth-order valence-electron chi connectivity index (χ4n) is 3.94. The first kappa shape index (κ1) is 19.5. The average molecular weight is 401 g/mol. The monoisotopic (exact) mass is 401 g/mol. The maximum Gasteiger partial charge on any atom is 0.416 e. The molecule has 0 amide bonds. The largest absolute Gasteiger partial charge is 0.468 e. The van der Waals surface area contributed by atoms with Crippen LogP contribution in [0.25, 0.3) is 5.69 Å². The Hall–Kier alpha value is -2.80. The van der Waals surface area contributed by atoms with Crippen LogP contribution in [0.2, 0.25) is 0 Å². The van der Waals surface area contributed by atoms with Crippen LogP contribution >= 0.6 is 0 Å². The van der Waals surface area contributed by atoms with Gasteiger partial charge in [-0.05, 0) is 56.7 Å². The van der Waals surface area contributed by atoms with E-state index in [0.29, 0.717) is 12.2 Å². The van der Waals surface area contributed by atoms with Gasteiger partial charge >= 0.3 is 6.18 Å². The Morgan fingerprint density at radius 2 is 1.90 bits per heavy atom. The van der Waals surface area contributed by atoms with Crippen LogP contribution in [-0.2, 0) is 12.7 Å². The lowest BCUT2D eigenvalue weighted by Crippen LogP contribution is -2.25. The number of furan rings is 1. The van der Waals surface area contributed by atoms with Gasteiger partial charge in [-0.1, -0.05) is 12.2 Å². The van der Waals surface area contributed by atoms with Gasteiger partial charge in [-0.2, -0.15) is 18.3 Å². The molecule has 0 aliphatic heterocycles. The highest BCUT2D eigenvalue weighted by atomic mass is 19.4. The van der Waals surface area contributed by atoms with Crippen molar-refractivity contribution in [3.05, 3.63) is 83.1 Å². The second kappa shape index (κ2) is 7.55. The summed E-state index contributed by atoms with van der Waals surface area (Å²) in [5.41, 5.74) is 2.93. The van der Waals surface area contributed by atoms with E-state index in [0.717, 1.165) is 41.3 Å². The average Bonchev–Trinajstić information content (AvgIpc) is 3.40. The van der Waals surface area contributed by atoms with Crippen molar-refractivity contribution in [2.24, 2.45) is 0 Å². The number of nitrogens with zero attached hydrogens (tertiary/aromatic N) is 2. The minimum atomic E-state index is -4.34. The summed E-state index contributed by atoms with van der Waals surface area (Å²) in [7, 11) is 0. The second-order valence-electron chi connectivity index (χ2n) is 7.33. The molecule has 2 heterocycles. The van der Waals surface area contributed by atoms with Gasteiger partial charge in [-0.15, -0.1) is 0 Å². The standard InChI is InChI=1S/C22H22F3N3O/c1-14-21(16-5-8-18(12-16)26-13-20-4-3-11-29-20)15(2)28(27-14)19-9-6-17(7-10-19)22(23,24)25/h3-11,16,18,26H,12-13H2,1-2H3. The fraction of sp³-hybridized carbons (Fsp3) is 0.318. The molecule has 2 atom stereocenters. The molecular weight excluding hydrogens is 379 g/mol. The lowest BCUT2D eigenvalue weighted by Gasteiger charge is -2.14. The molecule has 1 aliphatic carbocycles. The molecular formula is C22H22F3N3O. The van der Waals surface area contributed by atoms with Crippen LogP contribution in [0.3, 0.4) is 0 Å². The molecule has 1 N–H and O–H groups in total. The first-order valence-corrected chi connectivity index (χ1v) is 9.51. The minimum absolute atomic E-state index is 0.215. The first-order chi connectivity index (χ1) is 13.8. The van der Waals surface area contributed by atoms with Crippen molar-refractivity contribution in [3.63, 3.8) is 0 Å². The Morgan fingerprint density at radius 1 is 1.14 bits per heavy atom. The van der Waals surface area contributed by atoms with Crippen molar-refractivity contribution < 1.29 is 17.6 Å². The van der Waals surface area contributed by atoms with Crippen molar-refractivity contribution in [3.8, 4) is 5.69 Å². The zero-order valence-electron chi connectivity index (χ0n) is 16.2. The predicted octanol–water partition coefficient (Wildman–Crippen LogP) is 5.30. The number of nitrogens with one attached hydrogen (secondary N) is 1. The molecule has 1 aromatic carbocycles. The molecule has 2 aromatic heterocycles. The van der Waals surface area contributed by atoms with Gasteiger partial charge in [-0.25, -0.2) is 4.68 Å². The van der Waals surface area contributed by atoms with Crippen molar-refractivity contribution in [2.45, 2.75) is 44.9 Å². The van der Waals surface area contributed by atoms with Crippen LogP contribution in [0.15, 0.2) is 59.2 Å². The highest BCUT2D eigenvalue weighted by Crippen LogP contribution is 2.35. The topological polar surface area (TPSA) is 43.0 Å². The van der Waals surface area contributed by atoms with E-state index in [2.05, 4.69) is 22.6 Å². The Labute approximate surface area is 167 Å². The van der Waals surface area contributed by atoms with E-state index in [1.54, 1.807) is 10.9 Å². The van der Waals surface area contributed by atoms with Crippen molar-refractivity contribution in [2.75, 3.05) is 0 Å². The maximum atomic E-state index is 12.8. The number of benzene rings is 1. The lowest BCUT2D eigenvalue weighted by molar-refractivity contribution is -0.137. The third kappa shape index (κ3) is 4.00. The SMILES string of the molecule is Cc1nn(-c2ccc(C(F)(F)F)cc2)c(C)c1C1C=CC(NCc2ccco2)C1. The lowest BCUT2D eigenvalue weighted by atomic mass is 9.96. The summed E-state index contributed by atoms with van der Waals surface area (Å²) in [5.74, 6) is 1.11. The Kier molecular flexibility index (Phi) is 5.08. The molecule has 4 rings (SSSR count). The minimum Gasteiger partial charge on any atom is -0.468 e. The molecule has 3 aromatic rings. The maximum absolute atomic E-state index is 12.8. The van der Waals surface area contributed by atoms with Gasteiger partial charge in [0.2, 0.25) is 0 Å². The van der Waals surface area contributed by atoms with Crippen LogP contribution < -0.4 is 5.32 Å². The molecule has 0 saturated heterocycles. The molecule has 0 radical (unpaired) electrons. The van der Waals surface area contributed by atoms with Crippen LogP contribution in [-0.4, -0.2) is 15.8 Å². The summed E-state index contributed by atoms with van der Waals surface area (Å²) in [6.07, 6.45) is 2.55. The zero-order valence-corrected chi connectivity index (χ0v) is 16.2. The van der Waals surface area contributed by atoms with Gasteiger partial charge in [0.05, 0.1) is 29.8 Å². The summed E-state index contributed by atoms with van der Waals surface area (Å²) in [6, 6.07) is 9.15. The fourth-order valence-corrected chi connectivity index (χ4v) is 3.94. The van der Waals surface area contributed by atoms with Crippen LogP contribution in [0, 0.1) is 13.8 Å². The summed E-state index contributed by atoms with van der Waals surface area (Å²) in [4.78, 5) is 0. The van der Waals surface area contributed by atoms with E-state index in [9.17, 15) is 13.2 Å². The summed E-state index contributed by atoms with van der Waals surface area (Å²) < 4.78 is 45.5. The van der Waals surface area contributed by atoms with Crippen molar-refractivity contribution in [1.29, 1.82) is 0 Å². The molecule has 152 valence electrons. The number of allylic oxidation sites excluding steroid dienone is 1. The number of aryl methyl sites for hydroxylation is 1. The number of hydrogen-bond acceptors (Lipinski definition) is 3. The molecule has 2 unspecified atom stereocenters. The molecule has 0 fully saturated rings.